The van der Waals surface area contributed by atoms with Gasteiger partial charge in [-0.2, -0.15) is 0 Å². The van der Waals surface area contributed by atoms with Crippen LogP contribution in [-0.4, -0.2) is 34.1 Å². The van der Waals surface area contributed by atoms with Gasteiger partial charge in [0.15, 0.2) is 0 Å². The molecule has 3 unspecified atom stereocenters. The Hall–Kier alpha value is -0.380. The molecular formula is C29H48O3. The normalized spacial score (nSPS) is 56.8. The Balaban J connectivity index is 1.61. The molecule has 0 aromatic heterocycles. The van der Waals surface area contributed by atoms with E-state index in [0.717, 1.165) is 44.9 Å². The van der Waals surface area contributed by atoms with Gasteiger partial charge in [-0.3, -0.25) is 0 Å². The molecule has 0 aromatic rings. The summed E-state index contributed by atoms with van der Waals surface area (Å²) in [6.07, 6.45) is 11.6. The summed E-state index contributed by atoms with van der Waals surface area (Å²) < 4.78 is 0. The van der Waals surface area contributed by atoms with Crippen LogP contribution in [-0.2, 0) is 0 Å². The number of hydrogen-bond donors (Lipinski definition) is 3. The zero-order valence-corrected chi connectivity index (χ0v) is 21.5. The molecule has 4 saturated carbocycles. The van der Waals surface area contributed by atoms with E-state index in [-0.39, 0.29) is 45.7 Å². The van der Waals surface area contributed by atoms with Crippen LogP contribution < -0.4 is 0 Å². The van der Waals surface area contributed by atoms with Crippen molar-refractivity contribution < 1.29 is 15.3 Å². The van der Waals surface area contributed by atoms with Crippen LogP contribution in [0.3, 0.4) is 0 Å². The first-order valence-corrected chi connectivity index (χ1v) is 13.5. The largest absolute Gasteiger partial charge is 0.396 e. The second-order valence-corrected chi connectivity index (χ2v) is 14.4. The van der Waals surface area contributed by atoms with E-state index < -0.39 is 6.10 Å². The van der Waals surface area contributed by atoms with E-state index in [1.54, 1.807) is 0 Å². The lowest BCUT2D eigenvalue weighted by Gasteiger charge is -2.70. The summed E-state index contributed by atoms with van der Waals surface area (Å²) in [5.41, 5.74) is 2.02. The molecule has 0 aromatic carbocycles. The van der Waals surface area contributed by atoms with Gasteiger partial charge in [0.25, 0.3) is 0 Å². The Kier molecular flexibility index (Phi) is 5.17. The highest BCUT2D eigenvalue weighted by atomic mass is 16.3. The van der Waals surface area contributed by atoms with Crippen LogP contribution in [0, 0.1) is 50.7 Å². The molecule has 0 aliphatic heterocycles. The van der Waals surface area contributed by atoms with E-state index in [4.69, 9.17) is 0 Å². The number of aliphatic hydroxyl groups is 3. The average molecular weight is 445 g/mol. The predicted molar refractivity (Wildman–Crippen MR) is 129 cm³/mol. The molecule has 32 heavy (non-hydrogen) atoms. The summed E-state index contributed by atoms with van der Waals surface area (Å²) in [6, 6.07) is 0. The van der Waals surface area contributed by atoms with Gasteiger partial charge in [0.1, 0.15) is 0 Å². The van der Waals surface area contributed by atoms with Gasteiger partial charge >= 0.3 is 0 Å². The zero-order valence-electron chi connectivity index (χ0n) is 21.5. The molecule has 3 heteroatoms. The minimum absolute atomic E-state index is 0.00700. The first kappa shape index (κ1) is 23.4. The van der Waals surface area contributed by atoms with E-state index in [1.165, 1.54) is 18.4 Å². The minimum atomic E-state index is -0.425. The van der Waals surface area contributed by atoms with Crippen molar-refractivity contribution in [2.75, 3.05) is 6.61 Å². The monoisotopic (exact) mass is 444 g/mol. The third-order valence-corrected chi connectivity index (χ3v) is 12.6. The molecule has 10 atom stereocenters. The van der Waals surface area contributed by atoms with Gasteiger partial charge in [-0.15, -0.1) is 0 Å². The van der Waals surface area contributed by atoms with E-state index >= 15 is 0 Å². The number of allylic oxidation sites excluding steroid dienone is 1. The van der Waals surface area contributed by atoms with Crippen molar-refractivity contribution >= 4 is 0 Å². The molecular weight excluding hydrogens is 396 g/mol. The second-order valence-electron chi connectivity index (χ2n) is 14.4. The maximum atomic E-state index is 11.9. The summed E-state index contributed by atoms with van der Waals surface area (Å²) >= 11 is 0. The average Bonchev–Trinajstić information content (AvgIpc) is 2.72. The van der Waals surface area contributed by atoms with Crippen LogP contribution in [0.2, 0.25) is 0 Å². The summed E-state index contributed by atoms with van der Waals surface area (Å²) in [7, 11) is 0. The quantitative estimate of drug-likeness (QED) is 0.453. The Morgan fingerprint density at radius 1 is 0.875 bits per heavy atom. The fourth-order valence-corrected chi connectivity index (χ4v) is 10.3. The lowest BCUT2D eigenvalue weighted by atomic mass is 9.34. The molecule has 182 valence electrons. The highest BCUT2D eigenvalue weighted by Crippen LogP contribution is 2.74. The summed E-state index contributed by atoms with van der Waals surface area (Å²) in [4.78, 5) is 0. The molecule has 3 N–H and O–H groups in total. The third kappa shape index (κ3) is 2.83. The van der Waals surface area contributed by atoms with Crippen LogP contribution >= 0.6 is 0 Å². The van der Waals surface area contributed by atoms with E-state index in [1.807, 2.05) is 0 Å². The Labute approximate surface area is 196 Å². The number of fused-ring (bicyclic) bond motifs is 7. The van der Waals surface area contributed by atoms with Crippen LogP contribution in [0.4, 0.5) is 0 Å². The third-order valence-electron chi connectivity index (χ3n) is 12.6. The molecule has 0 amide bonds. The first-order valence-electron chi connectivity index (χ1n) is 13.5. The number of rotatable bonds is 1. The molecule has 4 fully saturated rings. The fourth-order valence-electron chi connectivity index (χ4n) is 10.3. The highest BCUT2D eigenvalue weighted by molar-refractivity contribution is 5.36. The van der Waals surface area contributed by atoms with Gasteiger partial charge in [-0.05, 0) is 109 Å². The van der Waals surface area contributed by atoms with Gasteiger partial charge in [-0.25, -0.2) is 0 Å². The van der Waals surface area contributed by atoms with E-state index in [0.29, 0.717) is 17.8 Å². The topological polar surface area (TPSA) is 60.7 Å². The number of aliphatic hydroxyl groups excluding tert-OH is 3. The van der Waals surface area contributed by atoms with E-state index in [2.05, 4.69) is 47.6 Å². The SMILES string of the molecule is C[C@@H]1[C@@H](O)CC[C@]2(C)C3=C[C@@H](O)C4C5CC(C)(C)CCC5(CO)CC[C@@]4(C)[C@]3(C)CC[C@@H]12. The minimum Gasteiger partial charge on any atom is -0.396 e. The van der Waals surface area contributed by atoms with Crippen molar-refractivity contribution in [2.45, 2.75) is 112 Å². The molecule has 5 rings (SSSR count). The maximum Gasteiger partial charge on any atom is 0.0760 e. The van der Waals surface area contributed by atoms with Crippen molar-refractivity contribution in [3.05, 3.63) is 11.6 Å². The van der Waals surface area contributed by atoms with Crippen molar-refractivity contribution in [2.24, 2.45) is 50.7 Å². The summed E-state index contributed by atoms with van der Waals surface area (Å²) in [5, 5.41) is 33.1. The fraction of sp³-hybridized carbons (Fsp3) is 0.931. The summed E-state index contributed by atoms with van der Waals surface area (Å²) in [5.74, 6) is 1.45. The van der Waals surface area contributed by atoms with Gasteiger partial charge < -0.3 is 15.3 Å². The van der Waals surface area contributed by atoms with Crippen LogP contribution in [0.1, 0.15) is 99.3 Å². The molecule has 5 aliphatic rings. The first-order chi connectivity index (χ1) is 14.8. The Morgan fingerprint density at radius 2 is 1.56 bits per heavy atom. The molecule has 0 spiro atoms. The Morgan fingerprint density at radius 3 is 2.25 bits per heavy atom. The van der Waals surface area contributed by atoms with Crippen LogP contribution in [0.5, 0.6) is 0 Å². The standard InChI is InChI=1S/C29H48O3/c1-18-19-7-10-27(5)23(26(19,4)9-8-21(18)31)15-22(32)24-20-16-25(2,3)11-13-29(20,17-30)14-12-28(24,27)6/h15,18-22,24,30-32H,7-14,16-17H2,1-6H3/t18-,19-,20?,21-,22+,24?,26-,27+,28+,29?/m0/s1. The molecule has 0 bridgehead atoms. The molecule has 5 aliphatic carbocycles. The van der Waals surface area contributed by atoms with Crippen molar-refractivity contribution in [1.29, 1.82) is 0 Å². The van der Waals surface area contributed by atoms with Crippen molar-refractivity contribution in [1.82, 2.24) is 0 Å². The highest BCUT2D eigenvalue weighted by Gasteiger charge is 2.68. The Bertz CT molecular complexity index is 802. The molecule has 0 radical (unpaired) electrons. The molecule has 3 nitrogen and oxygen atoms in total. The van der Waals surface area contributed by atoms with Crippen molar-refractivity contribution in [3.63, 3.8) is 0 Å². The predicted octanol–water partition coefficient (Wildman–Crippen LogP) is 5.72. The van der Waals surface area contributed by atoms with Crippen LogP contribution in [0.25, 0.3) is 0 Å². The van der Waals surface area contributed by atoms with Gasteiger partial charge in [0.05, 0.1) is 12.2 Å². The van der Waals surface area contributed by atoms with Crippen LogP contribution in [0.15, 0.2) is 11.6 Å². The van der Waals surface area contributed by atoms with Crippen molar-refractivity contribution in [3.8, 4) is 0 Å². The lowest BCUT2D eigenvalue weighted by molar-refractivity contribution is -0.198. The second kappa shape index (κ2) is 7.08. The maximum absolute atomic E-state index is 11.9. The molecule has 0 saturated heterocycles. The zero-order chi connectivity index (χ0) is 23.3. The molecule has 0 heterocycles. The van der Waals surface area contributed by atoms with E-state index in [9.17, 15) is 15.3 Å². The van der Waals surface area contributed by atoms with Gasteiger partial charge in [0.2, 0.25) is 0 Å². The number of hydrogen-bond acceptors (Lipinski definition) is 3. The van der Waals surface area contributed by atoms with Gasteiger partial charge in [-0.1, -0.05) is 53.2 Å². The smallest absolute Gasteiger partial charge is 0.0760 e. The lowest BCUT2D eigenvalue weighted by Crippen LogP contribution is -2.65. The summed E-state index contributed by atoms with van der Waals surface area (Å²) in [6.45, 7) is 14.8. The van der Waals surface area contributed by atoms with Gasteiger partial charge in [0, 0.05) is 6.61 Å².